The predicted octanol–water partition coefficient (Wildman–Crippen LogP) is 2.01. The van der Waals surface area contributed by atoms with Gasteiger partial charge in [-0.2, -0.15) is 0 Å². The van der Waals surface area contributed by atoms with Crippen LogP contribution in [0.5, 0.6) is 0 Å². The topological polar surface area (TPSA) is 45.2 Å². The second-order valence-corrected chi connectivity index (χ2v) is 6.31. The summed E-state index contributed by atoms with van der Waals surface area (Å²) in [6.45, 7) is 3.01. The first-order chi connectivity index (χ1) is 9.25. The Morgan fingerprint density at radius 1 is 1.42 bits per heavy atom. The van der Waals surface area contributed by atoms with Crippen LogP contribution in [0, 0.1) is 5.92 Å². The molecule has 2 fully saturated rings. The van der Waals surface area contributed by atoms with Crippen LogP contribution in [0.25, 0.3) is 10.2 Å². The lowest BCUT2D eigenvalue weighted by Gasteiger charge is -2.19. The molecular weight excluding hydrogens is 258 g/mol. The van der Waals surface area contributed by atoms with Gasteiger partial charge in [-0.15, -0.1) is 0 Å². The number of amides is 1. The van der Waals surface area contributed by atoms with E-state index in [1.807, 2.05) is 30.0 Å². The molecular formula is C14H15N3OS. The molecule has 0 spiro atoms. The number of carbonyl (C=O) groups is 1. The summed E-state index contributed by atoms with van der Waals surface area (Å²) in [5.41, 5.74) is 0.984. The van der Waals surface area contributed by atoms with Crippen molar-refractivity contribution in [1.82, 2.24) is 10.3 Å². The van der Waals surface area contributed by atoms with Crippen LogP contribution in [0.15, 0.2) is 24.3 Å². The number of nitrogens with one attached hydrogen (secondary N) is 1. The van der Waals surface area contributed by atoms with E-state index >= 15 is 0 Å². The Bertz CT molecular complexity index is 620. The van der Waals surface area contributed by atoms with Crippen molar-refractivity contribution in [2.45, 2.75) is 25.4 Å². The smallest absolute Gasteiger partial charge is 0.233 e. The fourth-order valence-electron chi connectivity index (χ4n) is 3.25. The molecule has 2 saturated heterocycles. The number of thiazole rings is 1. The zero-order valence-corrected chi connectivity index (χ0v) is 11.5. The number of anilines is 1. The Morgan fingerprint density at radius 3 is 3.11 bits per heavy atom. The van der Waals surface area contributed by atoms with Crippen LogP contribution in [0.2, 0.25) is 0 Å². The molecule has 0 bridgehead atoms. The summed E-state index contributed by atoms with van der Waals surface area (Å²) < 4.78 is 1.15. The van der Waals surface area contributed by atoms with E-state index < -0.39 is 0 Å². The predicted molar refractivity (Wildman–Crippen MR) is 76.5 cm³/mol. The molecule has 1 aromatic heterocycles. The third-order valence-corrected chi connectivity index (χ3v) is 5.26. The molecule has 1 amide bonds. The summed E-state index contributed by atoms with van der Waals surface area (Å²) >= 11 is 1.62. The van der Waals surface area contributed by atoms with E-state index in [0.717, 1.165) is 28.3 Å². The van der Waals surface area contributed by atoms with Crippen molar-refractivity contribution in [3.05, 3.63) is 24.3 Å². The second kappa shape index (κ2) is 4.02. The number of nitrogens with zero attached hydrogens (tertiary/aromatic N) is 2. The van der Waals surface area contributed by atoms with E-state index in [2.05, 4.69) is 16.4 Å². The molecule has 0 radical (unpaired) electrons. The molecule has 19 heavy (non-hydrogen) atoms. The summed E-state index contributed by atoms with van der Waals surface area (Å²) in [7, 11) is 0. The molecule has 3 atom stereocenters. The normalized spacial score (nSPS) is 30.3. The van der Waals surface area contributed by atoms with Crippen molar-refractivity contribution in [3.8, 4) is 0 Å². The second-order valence-electron chi connectivity index (χ2n) is 5.30. The molecule has 1 N–H and O–H groups in total. The van der Waals surface area contributed by atoms with Crippen LogP contribution in [-0.4, -0.2) is 29.5 Å². The highest BCUT2D eigenvalue weighted by Crippen LogP contribution is 2.38. The maximum Gasteiger partial charge on any atom is 0.233 e. The molecule has 2 aromatic rings. The van der Waals surface area contributed by atoms with Crippen molar-refractivity contribution in [3.63, 3.8) is 0 Å². The summed E-state index contributed by atoms with van der Waals surface area (Å²) in [6, 6.07) is 8.63. The highest BCUT2D eigenvalue weighted by atomic mass is 32.1. The number of benzene rings is 1. The van der Waals surface area contributed by atoms with Crippen molar-refractivity contribution in [2.24, 2.45) is 5.92 Å². The number of para-hydroxylation sites is 1. The standard InChI is InChI=1S/C14H15N3OS/c1-8-12-10(6-7-15-12)17(13(8)18)14-16-9-4-2-3-5-11(9)19-14/h2-5,8,10,12,15H,6-7H2,1H3/t8-,10-,12+/m0/s1. The molecule has 0 unspecified atom stereocenters. The molecule has 5 heteroatoms. The summed E-state index contributed by atoms with van der Waals surface area (Å²) in [5.74, 6) is 0.265. The van der Waals surface area contributed by atoms with Gasteiger partial charge in [0.1, 0.15) is 0 Å². The first kappa shape index (κ1) is 11.4. The number of carbonyl (C=O) groups excluding carboxylic acids is 1. The Morgan fingerprint density at radius 2 is 2.26 bits per heavy atom. The van der Waals surface area contributed by atoms with Gasteiger partial charge in [0.25, 0.3) is 0 Å². The average Bonchev–Trinajstić information content (AvgIpc) is 3.08. The van der Waals surface area contributed by atoms with Crippen molar-refractivity contribution in [1.29, 1.82) is 0 Å². The van der Waals surface area contributed by atoms with Gasteiger partial charge in [-0.25, -0.2) is 4.98 Å². The zero-order chi connectivity index (χ0) is 13.0. The monoisotopic (exact) mass is 273 g/mol. The fourth-order valence-corrected chi connectivity index (χ4v) is 4.28. The highest BCUT2D eigenvalue weighted by Gasteiger charge is 2.49. The molecule has 4 rings (SSSR count). The first-order valence-electron chi connectivity index (χ1n) is 6.68. The van der Waals surface area contributed by atoms with Gasteiger partial charge < -0.3 is 5.32 Å². The molecule has 98 valence electrons. The first-order valence-corrected chi connectivity index (χ1v) is 7.49. The molecule has 2 aliphatic heterocycles. The van der Waals surface area contributed by atoms with Gasteiger partial charge in [0, 0.05) is 6.04 Å². The van der Waals surface area contributed by atoms with Crippen LogP contribution in [-0.2, 0) is 4.79 Å². The molecule has 0 saturated carbocycles. The van der Waals surface area contributed by atoms with E-state index in [9.17, 15) is 4.79 Å². The summed E-state index contributed by atoms with van der Waals surface area (Å²) in [6.07, 6.45) is 1.02. The minimum Gasteiger partial charge on any atom is -0.311 e. The summed E-state index contributed by atoms with van der Waals surface area (Å²) in [5, 5.41) is 4.30. The van der Waals surface area contributed by atoms with E-state index in [-0.39, 0.29) is 17.9 Å². The van der Waals surface area contributed by atoms with E-state index in [4.69, 9.17) is 0 Å². The molecule has 1 aromatic carbocycles. The average molecular weight is 273 g/mol. The third kappa shape index (κ3) is 1.55. The minimum absolute atomic E-state index is 0.0551. The van der Waals surface area contributed by atoms with Crippen molar-refractivity contribution in [2.75, 3.05) is 11.4 Å². The quantitative estimate of drug-likeness (QED) is 0.864. The van der Waals surface area contributed by atoms with Crippen LogP contribution in [0.3, 0.4) is 0 Å². The lowest BCUT2D eigenvalue weighted by Crippen LogP contribution is -2.35. The van der Waals surface area contributed by atoms with Gasteiger partial charge in [0.05, 0.1) is 22.2 Å². The van der Waals surface area contributed by atoms with Crippen molar-refractivity contribution < 1.29 is 4.79 Å². The molecule has 0 aliphatic carbocycles. The lowest BCUT2D eigenvalue weighted by atomic mass is 10.0. The summed E-state index contributed by atoms with van der Waals surface area (Å²) in [4.78, 5) is 19.0. The third-order valence-electron chi connectivity index (χ3n) is 4.22. The largest absolute Gasteiger partial charge is 0.311 e. The van der Waals surface area contributed by atoms with Crippen LogP contribution in [0.1, 0.15) is 13.3 Å². The fraction of sp³-hybridized carbons (Fsp3) is 0.429. The van der Waals surface area contributed by atoms with Gasteiger partial charge >= 0.3 is 0 Å². The Balaban J connectivity index is 1.80. The van der Waals surface area contributed by atoms with Crippen LogP contribution >= 0.6 is 11.3 Å². The maximum atomic E-state index is 12.4. The Hall–Kier alpha value is -1.46. The van der Waals surface area contributed by atoms with E-state index in [0.29, 0.717) is 6.04 Å². The Labute approximate surface area is 115 Å². The lowest BCUT2D eigenvalue weighted by molar-refractivity contribution is -0.120. The van der Waals surface area contributed by atoms with Gasteiger partial charge in [-0.1, -0.05) is 30.4 Å². The molecule has 3 heterocycles. The highest BCUT2D eigenvalue weighted by molar-refractivity contribution is 7.22. The van der Waals surface area contributed by atoms with Crippen LogP contribution in [0.4, 0.5) is 5.13 Å². The SMILES string of the molecule is C[C@@H]1C(=O)N(c2nc3ccccc3s2)[C@H]2CCN[C@H]12. The van der Waals surface area contributed by atoms with E-state index in [1.54, 1.807) is 11.3 Å². The van der Waals surface area contributed by atoms with Crippen molar-refractivity contribution >= 4 is 32.6 Å². The van der Waals surface area contributed by atoms with Gasteiger partial charge in [0.15, 0.2) is 5.13 Å². The van der Waals surface area contributed by atoms with Gasteiger partial charge in [-0.05, 0) is 25.1 Å². The molecule has 4 nitrogen and oxygen atoms in total. The van der Waals surface area contributed by atoms with E-state index in [1.165, 1.54) is 0 Å². The number of rotatable bonds is 1. The van der Waals surface area contributed by atoms with Gasteiger partial charge in [-0.3, -0.25) is 9.69 Å². The minimum atomic E-state index is 0.0551. The maximum absolute atomic E-state index is 12.4. The Kier molecular flexibility index (Phi) is 2.40. The zero-order valence-electron chi connectivity index (χ0n) is 10.7. The number of hydrogen-bond donors (Lipinski definition) is 1. The number of fused-ring (bicyclic) bond motifs is 2. The number of aromatic nitrogens is 1. The number of hydrogen-bond acceptors (Lipinski definition) is 4. The van der Waals surface area contributed by atoms with Crippen LogP contribution < -0.4 is 10.2 Å². The van der Waals surface area contributed by atoms with Gasteiger partial charge in [0.2, 0.25) is 5.91 Å². The molecule has 2 aliphatic rings.